The number of fused-ring (bicyclic) bond motifs is 1. The number of aromatic nitrogens is 1. The fourth-order valence-corrected chi connectivity index (χ4v) is 2.18. The van der Waals surface area contributed by atoms with E-state index in [1.54, 1.807) is 6.07 Å². The van der Waals surface area contributed by atoms with E-state index in [-0.39, 0.29) is 5.82 Å². The number of nitrogens with one attached hydrogen (secondary N) is 1. The van der Waals surface area contributed by atoms with Crippen molar-refractivity contribution >= 4 is 16.7 Å². The Balaban J connectivity index is 2.06. The molecule has 2 heterocycles. The number of benzene rings is 1. The number of rotatable bonds is 1. The quantitative estimate of drug-likeness (QED) is 0.811. The molecule has 1 N–H and O–H groups in total. The van der Waals surface area contributed by atoms with Gasteiger partial charge in [0.25, 0.3) is 0 Å². The molecule has 0 saturated carbocycles. The number of anilines is 1. The Morgan fingerprint density at radius 1 is 1.18 bits per heavy atom. The van der Waals surface area contributed by atoms with Crippen LogP contribution in [0.3, 0.4) is 0 Å². The molecule has 0 unspecified atom stereocenters. The maximum atomic E-state index is 14.0. The Hall–Kier alpha value is -1.68. The van der Waals surface area contributed by atoms with Crippen LogP contribution in [0.4, 0.5) is 10.2 Å². The molecule has 88 valence electrons. The summed E-state index contributed by atoms with van der Waals surface area (Å²) in [6.07, 6.45) is 0. The third kappa shape index (κ3) is 1.96. The fraction of sp³-hybridized carbons (Fsp3) is 0.308. The summed E-state index contributed by atoms with van der Waals surface area (Å²) >= 11 is 0. The average molecular weight is 231 g/mol. The van der Waals surface area contributed by atoms with Gasteiger partial charge in [0.05, 0.1) is 5.52 Å². The van der Waals surface area contributed by atoms with Crippen LogP contribution in [0.1, 0.15) is 0 Å². The molecule has 0 spiro atoms. The standard InChI is InChI=1S/C13H14FN3/c14-11-9-10-3-1-2-4-12(10)16-13(11)17-7-5-15-6-8-17/h1-4,9,15H,5-8H2. The fourth-order valence-electron chi connectivity index (χ4n) is 2.18. The number of hydrogen-bond acceptors (Lipinski definition) is 3. The third-order valence-corrected chi connectivity index (χ3v) is 3.08. The number of pyridine rings is 1. The summed E-state index contributed by atoms with van der Waals surface area (Å²) in [5, 5.41) is 4.10. The third-order valence-electron chi connectivity index (χ3n) is 3.08. The normalized spacial score (nSPS) is 16.4. The summed E-state index contributed by atoms with van der Waals surface area (Å²) in [6.45, 7) is 3.38. The molecule has 4 heteroatoms. The largest absolute Gasteiger partial charge is 0.352 e. The van der Waals surface area contributed by atoms with Crippen LogP contribution in [0.25, 0.3) is 10.9 Å². The van der Waals surface area contributed by atoms with E-state index in [0.717, 1.165) is 37.1 Å². The molecule has 3 rings (SSSR count). The predicted octanol–water partition coefficient (Wildman–Crippen LogP) is 1.78. The molecule has 3 nitrogen and oxygen atoms in total. The molecule has 2 aromatic rings. The number of halogens is 1. The lowest BCUT2D eigenvalue weighted by Crippen LogP contribution is -2.44. The van der Waals surface area contributed by atoms with E-state index < -0.39 is 0 Å². The Labute approximate surface area is 99.3 Å². The van der Waals surface area contributed by atoms with Crippen LogP contribution in [-0.4, -0.2) is 31.2 Å². The van der Waals surface area contributed by atoms with Crippen LogP contribution in [0.5, 0.6) is 0 Å². The molecule has 1 aliphatic rings. The van der Waals surface area contributed by atoms with Gasteiger partial charge in [-0.3, -0.25) is 0 Å². The summed E-state index contributed by atoms with van der Waals surface area (Å²) < 4.78 is 14.0. The van der Waals surface area contributed by atoms with Crippen molar-refractivity contribution in [1.29, 1.82) is 0 Å². The molecule has 0 atom stereocenters. The Morgan fingerprint density at radius 3 is 2.76 bits per heavy atom. The number of para-hydroxylation sites is 1. The van der Waals surface area contributed by atoms with Crippen molar-refractivity contribution in [3.05, 3.63) is 36.1 Å². The van der Waals surface area contributed by atoms with E-state index in [1.165, 1.54) is 0 Å². The van der Waals surface area contributed by atoms with Gasteiger partial charge in [0.15, 0.2) is 11.6 Å². The molecule has 1 fully saturated rings. The van der Waals surface area contributed by atoms with E-state index in [0.29, 0.717) is 5.82 Å². The van der Waals surface area contributed by atoms with E-state index in [1.807, 2.05) is 29.2 Å². The first-order valence-electron chi connectivity index (χ1n) is 5.85. The highest BCUT2D eigenvalue weighted by Gasteiger charge is 2.16. The topological polar surface area (TPSA) is 28.2 Å². The minimum Gasteiger partial charge on any atom is -0.352 e. The Kier molecular flexibility index (Phi) is 2.65. The van der Waals surface area contributed by atoms with E-state index >= 15 is 0 Å². The first-order chi connectivity index (χ1) is 8.34. The summed E-state index contributed by atoms with van der Waals surface area (Å²) in [4.78, 5) is 6.42. The van der Waals surface area contributed by atoms with Gasteiger partial charge in [0.1, 0.15) is 0 Å². The molecule has 0 bridgehead atoms. The number of nitrogens with zero attached hydrogens (tertiary/aromatic N) is 2. The van der Waals surface area contributed by atoms with E-state index in [2.05, 4.69) is 10.3 Å². The van der Waals surface area contributed by atoms with Gasteiger partial charge in [0.2, 0.25) is 0 Å². The van der Waals surface area contributed by atoms with Gasteiger partial charge >= 0.3 is 0 Å². The molecule has 0 amide bonds. The van der Waals surface area contributed by atoms with Gasteiger partial charge in [-0.15, -0.1) is 0 Å². The molecular weight excluding hydrogens is 217 g/mol. The monoisotopic (exact) mass is 231 g/mol. The van der Waals surface area contributed by atoms with Crippen LogP contribution in [0.15, 0.2) is 30.3 Å². The molecule has 17 heavy (non-hydrogen) atoms. The van der Waals surface area contributed by atoms with Crippen molar-refractivity contribution in [3.63, 3.8) is 0 Å². The zero-order valence-electron chi connectivity index (χ0n) is 9.49. The molecule has 0 aliphatic carbocycles. The minimum atomic E-state index is -0.231. The second-order valence-corrected chi connectivity index (χ2v) is 4.22. The van der Waals surface area contributed by atoms with Crippen molar-refractivity contribution in [1.82, 2.24) is 10.3 Å². The molecular formula is C13H14FN3. The summed E-state index contributed by atoms with van der Waals surface area (Å²) in [7, 11) is 0. The zero-order valence-corrected chi connectivity index (χ0v) is 9.49. The summed E-state index contributed by atoms with van der Waals surface area (Å²) in [6, 6.07) is 9.19. The van der Waals surface area contributed by atoms with Crippen LogP contribution in [0, 0.1) is 5.82 Å². The molecule has 0 radical (unpaired) electrons. The van der Waals surface area contributed by atoms with Crippen LogP contribution in [-0.2, 0) is 0 Å². The van der Waals surface area contributed by atoms with Gasteiger partial charge in [-0.05, 0) is 12.1 Å². The molecule has 1 saturated heterocycles. The molecule has 1 aromatic heterocycles. The highest BCUT2D eigenvalue weighted by atomic mass is 19.1. The van der Waals surface area contributed by atoms with E-state index in [9.17, 15) is 4.39 Å². The zero-order chi connectivity index (χ0) is 11.7. The predicted molar refractivity (Wildman–Crippen MR) is 66.8 cm³/mol. The lowest BCUT2D eigenvalue weighted by atomic mass is 10.2. The smallest absolute Gasteiger partial charge is 0.166 e. The molecule has 1 aliphatic heterocycles. The molecule has 1 aromatic carbocycles. The second kappa shape index (κ2) is 4.30. The van der Waals surface area contributed by atoms with Crippen LogP contribution >= 0.6 is 0 Å². The van der Waals surface area contributed by atoms with Crippen LogP contribution < -0.4 is 10.2 Å². The van der Waals surface area contributed by atoms with Gasteiger partial charge in [-0.2, -0.15) is 0 Å². The maximum Gasteiger partial charge on any atom is 0.166 e. The van der Waals surface area contributed by atoms with Crippen LogP contribution in [0.2, 0.25) is 0 Å². The van der Waals surface area contributed by atoms with Crippen molar-refractivity contribution in [2.24, 2.45) is 0 Å². The van der Waals surface area contributed by atoms with Gasteiger partial charge in [0, 0.05) is 31.6 Å². The van der Waals surface area contributed by atoms with Crippen molar-refractivity contribution < 1.29 is 4.39 Å². The number of piperazine rings is 1. The van der Waals surface area contributed by atoms with E-state index in [4.69, 9.17) is 0 Å². The lowest BCUT2D eigenvalue weighted by Gasteiger charge is -2.28. The highest BCUT2D eigenvalue weighted by Crippen LogP contribution is 2.22. The lowest BCUT2D eigenvalue weighted by molar-refractivity contribution is 0.560. The average Bonchev–Trinajstić information content (AvgIpc) is 2.39. The number of hydrogen-bond donors (Lipinski definition) is 1. The van der Waals surface area contributed by atoms with Crippen molar-refractivity contribution in [3.8, 4) is 0 Å². The Morgan fingerprint density at radius 2 is 1.94 bits per heavy atom. The maximum absolute atomic E-state index is 14.0. The first kappa shape index (κ1) is 10.5. The summed E-state index contributed by atoms with van der Waals surface area (Å²) in [5.74, 6) is 0.246. The second-order valence-electron chi connectivity index (χ2n) is 4.22. The highest BCUT2D eigenvalue weighted by molar-refractivity contribution is 5.80. The van der Waals surface area contributed by atoms with Gasteiger partial charge in [-0.25, -0.2) is 9.37 Å². The minimum absolute atomic E-state index is 0.231. The van der Waals surface area contributed by atoms with Gasteiger partial charge < -0.3 is 10.2 Å². The van der Waals surface area contributed by atoms with Crippen molar-refractivity contribution in [2.75, 3.05) is 31.1 Å². The van der Waals surface area contributed by atoms with Gasteiger partial charge in [-0.1, -0.05) is 18.2 Å². The Bertz CT molecular complexity index is 535. The summed E-state index contributed by atoms with van der Waals surface area (Å²) in [5.41, 5.74) is 0.849. The SMILES string of the molecule is Fc1cc2ccccc2nc1N1CCNCC1. The van der Waals surface area contributed by atoms with Crippen molar-refractivity contribution in [2.45, 2.75) is 0 Å². The first-order valence-corrected chi connectivity index (χ1v) is 5.85.